The molecule has 1 spiro atoms. The van der Waals surface area contributed by atoms with Crippen molar-refractivity contribution in [3.8, 4) is 0 Å². The van der Waals surface area contributed by atoms with Gasteiger partial charge in [0.1, 0.15) is 0 Å². The largest absolute Gasteiger partial charge is 0.383 e. The summed E-state index contributed by atoms with van der Waals surface area (Å²) >= 11 is 0. The van der Waals surface area contributed by atoms with Crippen LogP contribution in [0.2, 0.25) is 0 Å². The summed E-state index contributed by atoms with van der Waals surface area (Å²) < 4.78 is 5.27. The van der Waals surface area contributed by atoms with E-state index in [2.05, 4.69) is 46.2 Å². The van der Waals surface area contributed by atoms with Crippen molar-refractivity contribution in [2.24, 2.45) is 5.41 Å². The quantitative estimate of drug-likeness (QED) is 0.837. The number of methoxy groups -OCH3 is 1. The van der Waals surface area contributed by atoms with Crippen molar-refractivity contribution in [1.82, 2.24) is 14.8 Å². The van der Waals surface area contributed by atoms with Gasteiger partial charge in [-0.25, -0.2) is 0 Å². The van der Waals surface area contributed by atoms with Gasteiger partial charge in [-0.05, 0) is 49.9 Å². The minimum absolute atomic E-state index is 0.489. The van der Waals surface area contributed by atoms with E-state index in [0.717, 1.165) is 25.2 Å². The van der Waals surface area contributed by atoms with Crippen molar-refractivity contribution in [1.29, 1.82) is 0 Å². The fourth-order valence-electron chi connectivity index (χ4n) is 4.64. The van der Waals surface area contributed by atoms with E-state index in [-0.39, 0.29) is 0 Å². The Bertz CT molecular complexity index is 719. The molecule has 2 fully saturated rings. The van der Waals surface area contributed by atoms with Crippen molar-refractivity contribution >= 4 is 10.9 Å². The normalized spacial score (nSPS) is 25.2. The molecule has 0 bridgehead atoms. The third-order valence-corrected chi connectivity index (χ3v) is 5.91. The van der Waals surface area contributed by atoms with Gasteiger partial charge in [-0.2, -0.15) is 0 Å². The molecule has 0 saturated carbocycles. The number of aromatic nitrogens is 1. The molecule has 0 amide bonds. The minimum atomic E-state index is 0.489. The highest BCUT2D eigenvalue weighted by molar-refractivity contribution is 5.78. The lowest BCUT2D eigenvalue weighted by molar-refractivity contribution is 0.0673. The third-order valence-electron chi connectivity index (χ3n) is 5.91. The van der Waals surface area contributed by atoms with E-state index in [1.807, 2.05) is 0 Å². The number of para-hydroxylation sites is 1. The second-order valence-electron chi connectivity index (χ2n) is 7.83. The lowest BCUT2D eigenvalue weighted by Gasteiger charge is -2.40. The number of ether oxygens (including phenoxy) is 1. The van der Waals surface area contributed by atoms with E-state index in [9.17, 15) is 0 Å². The van der Waals surface area contributed by atoms with Crippen molar-refractivity contribution in [3.63, 3.8) is 0 Å². The molecule has 0 N–H and O–H groups in total. The molecule has 3 heterocycles. The molecular weight excluding hydrogens is 310 g/mol. The Morgan fingerprint density at radius 2 is 1.92 bits per heavy atom. The molecular formula is C21H29N3O. The van der Waals surface area contributed by atoms with Gasteiger partial charge < -0.3 is 9.64 Å². The SMILES string of the molecule is COCCN1CCCC2(CCN(Cc3ccc4ccccc4n3)C2)C1. The van der Waals surface area contributed by atoms with E-state index in [0.29, 0.717) is 5.41 Å². The molecule has 4 heteroatoms. The summed E-state index contributed by atoms with van der Waals surface area (Å²) in [5, 5.41) is 1.23. The zero-order valence-corrected chi connectivity index (χ0v) is 15.3. The van der Waals surface area contributed by atoms with Crippen LogP contribution in [-0.2, 0) is 11.3 Å². The van der Waals surface area contributed by atoms with Gasteiger partial charge in [-0.1, -0.05) is 24.3 Å². The van der Waals surface area contributed by atoms with Crippen molar-refractivity contribution in [3.05, 3.63) is 42.1 Å². The van der Waals surface area contributed by atoms with Gasteiger partial charge >= 0.3 is 0 Å². The topological polar surface area (TPSA) is 28.6 Å². The molecule has 134 valence electrons. The van der Waals surface area contributed by atoms with Crippen LogP contribution in [0, 0.1) is 5.41 Å². The number of rotatable bonds is 5. The van der Waals surface area contributed by atoms with Crippen molar-refractivity contribution < 1.29 is 4.74 Å². The average Bonchev–Trinajstić information content (AvgIpc) is 3.01. The fourth-order valence-corrected chi connectivity index (χ4v) is 4.64. The van der Waals surface area contributed by atoms with Crippen LogP contribution >= 0.6 is 0 Å². The Balaban J connectivity index is 1.39. The average molecular weight is 339 g/mol. The van der Waals surface area contributed by atoms with Gasteiger partial charge in [0.05, 0.1) is 17.8 Å². The Hall–Kier alpha value is -1.49. The predicted molar refractivity (Wildman–Crippen MR) is 102 cm³/mol. The molecule has 1 atom stereocenters. The molecule has 2 aliphatic rings. The van der Waals surface area contributed by atoms with Crippen molar-refractivity contribution in [2.45, 2.75) is 25.8 Å². The monoisotopic (exact) mass is 339 g/mol. The first-order valence-corrected chi connectivity index (χ1v) is 9.55. The highest BCUT2D eigenvalue weighted by atomic mass is 16.5. The zero-order valence-electron chi connectivity index (χ0n) is 15.3. The van der Waals surface area contributed by atoms with Gasteiger partial charge in [0.25, 0.3) is 0 Å². The maximum absolute atomic E-state index is 5.27. The van der Waals surface area contributed by atoms with E-state index >= 15 is 0 Å². The van der Waals surface area contributed by atoms with Gasteiger partial charge in [0.2, 0.25) is 0 Å². The zero-order chi connectivity index (χ0) is 17.1. The Labute approximate surface area is 150 Å². The molecule has 1 aromatic carbocycles. The number of nitrogens with zero attached hydrogens (tertiary/aromatic N) is 3. The summed E-state index contributed by atoms with van der Waals surface area (Å²) in [5.74, 6) is 0. The molecule has 1 unspecified atom stereocenters. The van der Waals surface area contributed by atoms with Crippen molar-refractivity contribution in [2.75, 3.05) is 46.4 Å². The van der Waals surface area contributed by atoms with Gasteiger partial charge in [-0.15, -0.1) is 0 Å². The molecule has 4 nitrogen and oxygen atoms in total. The molecule has 2 saturated heterocycles. The van der Waals surface area contributed by atoms with Crippen LogP contribution in [-0.4, -0.2) is 61.2 Å². The molecule has 2 aliphatic heterocycles. The van der Waals surface area contributed by atoms with E-state index in [1.165, 1.54) is 56.5 Å². The predicted octanol–water partition coefficient (Wildman–Crippen LogP) is 3.17. The number of likely N-dealkylation sites (tertiary alicyclic amines) is 2. The van der Waals surface area contributed by atoms with Crippen LogP contribution in [0.5, 0.6) is 0 Å². The summed E-state index contributed by atoms with van der Waals surface area (Å²) in [7, 11) is 1.80. The van der Waals surface area contributed by atoms with Crippen LogP contribution in [0.1, 0.15) is 25.0 Å². The molecule has 4 rings (SSSR count). The van der Waals surface area contributed by atoms with Crippen LogP contribution in [0.25, 0.3) is 10.9 Å². The number of piperidine rings is 1. The highest BCUT2D eigenvalue weighted by Gasteiger charge is 2.41. The Kier molecular flexibility index (Phi) is 5.02. The van der Waals surface area contributed by atoms with Gasteiger partial charge in [0.15, 0.2) is 0 Å². The van der Waals surface area contributed by atoms with Gasteiger partial charge in [0, 0.05) is 38.7 Å². The first-order chi connectivity index (χ1) is 12.3. The maximum Gasteiger partial charge on any atom is 0.0705 e. The summed E-state index contributed by atoms with van der Waals surface area (Å²) in [5.41, 5.74) is 2.79. The second kappa shape index (κ2) is 7.40. The van der Waals surface area contributed by atoms with Crippen LogP contribution < -0.4 is 0 Å². The lowest BCUT2D eigenvalue weighted by atomic mass is 9.79. The van der Waals surface area contributed by atoms with Crippen LogP contribution in [0.4, 0.5) is 0 Å². The lowest BCUT2D eigenvalue weighted by Crippen LogP contribution is -2.45. The molecule has 2 aromatic rings. The number of fused-ring (bicyclic) bond motifs is 1. The standard InChI is InChI=1S/C21H29N3O/c1-25-14-13-23-11-4-9-21(16-23)10-12-24(17-21)15-19-8-7-18-5-2-3-6-20(18)22-19/h2-3,5-8H,4,9-17H2,1H3. The minimum Gasteiger partial charge on any atom is -0.383 e. The number of hydrogen-bond donors (Lipinski definition) is 0. The first kappa shape index (κ1) is 17.0. The van der Waals surface area contributed by atoms with E-state index in [4.69, 9.17) is 9.72 Å². The Morgan fingerprint density at radius 3 is 2.84 bits per heavy atom. The highest BCUT2D eigenvalue weighted by Crippen LogP contribution is 2.39. The molecule has 1 aromatic heterocycles. The molecule has 0 radical (unpaired) electrons. The second-order valence-corrected chi connectivity index (χ2v) is 7.83. The van der Waals surface area contributed by atoms with Crippen LogP contribution in [0.3, 0.4) is 0 Å². The van der Waals surface area contributed by atoms with E-state index in [1.54, 1.807) is 7.11 Å². The number of hydrogen-bond acceptors (Lipinski definition) is 4. The summed E-state index contributed by atoms with van der Waals surface area (Å²) in [6.07, 6.45) is 4.02. The summed E-state index contributed by atoms with van der Waals surface area (Å²) in [6.45, 7) is 7.78. The van der Waals surface area contributed by atoms with E-state index < -0.39 is 0 Å². The fraction of sp³-hybridized carbons (Fsp3) is 0.571. The summed E-state index contributed by atoms with van der Waals surface area (Å²) in [4.78, 5) is 10.1. The third kappa shape index (κ3) is 3.86. The number of benzene rings is 1. The number of pyridine rings is 1. The van der Waals surface area contributed by atoms with Crippen LogP contribution in [0.15, 0.2) is 36.4 Å². The first-order valence-electron chi connectivity index (χ1n) is 9.55. The Morgan fingerprint density at radius 1 is 1.04 bits per heavy atom. The molecule has 0 aliphatic carbocycles. The summed E-state index contributed by atoms with van der Waals surface area (Å²) in [6, 6.07) is 12.8. The molecule has 25 heavy (non-hydrogen) atoms. The smallest absolute Gasteiger partial charge is 0.0705 e. The van der Waals surface area contributed by atoms with Gasteiger partial charge in [-0.3, -0.25) is 9.88 Å². The maximum atomic E-state index is 5.27.